The van der Waals surface area contributed by atoms with Crippen molar-refractivity contribution in [2.75, 3.05) is 0 Å². The highest BCUT2D eigenvalue weighted by molar-refractivity contribution is 5.84. The third-order valence-corrected chi connectivity index (χ3v) is 3.12. The van der Waals surface area contributed by atoms with Crippen molar-refractivity contribution in [3.8, 4) is 0 Å². The molecule has 7 nitrogen and oxygen atoms in total. The Balaban J connectivity index is 2.31. The van der Waals surface area contributed by atoms with E-state index < -0.39 is 11.8 Å². The van der Waals surface area contributed by atoms with Crippen molar-refractivity contribution in [1.82, 2.24) is 25.1 Å². The minimum Gasteiger partial charge on any atom is -0.289 e. The van der Waals surface area contributed by atoms with E-state index in [1.807, 2.05) is 0 Å². The van der Waals surface area contributed by atoms with Gasteiger partial charge in [-0.15, -0.1) is 0 Å². The summed E-state index contributed by atoms with van der Waals surface area (Å²) in [5.41, 5.74) is 3.00. The van der Waals surface area contributed by atoms with Crippen LogP contribution >= 0.6 is 0 Å². The largest absolute Gasteiger partial charge is 0.289 e. The Labute approximate surface area is 110 Å². The normalized spacial score (nSPS) is 12.5. The fourth-order valence-electron chi connectivity index (χ4n) is 2.13. The molecule has 1 amide bonds. The van der Waals surface area contributed by atoms with Crippen LogP contribution in [0.4, 0.5) is 0 Å². The van der Waals surface area contributed by atoms with Crippen LogP contribution in [0.5, 0.6) is 0 Å². The quantitative estimate of drug-likeness (QED) is 0.465. The zero-order chi connectivity index (χ0) is 13.7. The van der Waals surface area contributed by atoms with E-state index >= 15 is 0 Å². The third-order valence-electron chi connectivity index (χ3n) is 3.12. The number of nitrogens with zero attached hydrogens (tertiary/aromatic N) is 4. The van der Waals surface area contributed by atoms with Crippen LogP contribution in [0.25, 0.3) is 5.65 Å². The van der Waals surface area contributed by atoms with Gasteiger partial charge in [0, 0.05) is 11.8 Å². The molecule has 102 valence electrons. The lowest BCUT2D eigenvalue weighted by Gasteiger charge is -2.14. The number of hydrogen-bond donors (Lipinski definition) is 2. The van der Waals surface area contributed by atoms with Gasteiger partial charge in [-0.3, -0.25) is 10.0 Å². The molecule has 0 aliphatic heterocycles. The van der Waals surface area contributed by atoms with Gasteiger partial charge in [0.1, 0.15) is 12.7 Å². The second-order valence-corrected chi connectivity index (χ2v) is 4.40. The summed E-state index contributed by atoms with van der Waals surface area (Å²) in [5.74, 6) is -0.897. The number of hydroxylamine groups is 1. The number of fused-ring (bicyclic) bond motifs is 1. The molecule has 0 aliphatic rings. The summed E-state index contributed by atoms with van der Waals surface area (Å²) in [5, 5.41) is 12.9. The first-order chi connectivity index (χ1) is 9.27. The molecule has 0 aliphatic carbocycles. The van der Waals surface area contributed by atoms with Crippen molar-refractivity contribution < 1.29 is 10.0 Å². The van der Waals surface area contributed by atoms with Crippen molar-refractivity contribution in [3.63, 3.8) is 0 Å². The van der Waals surface area contributed by atoms with E-state index in [4.69, 9.17) is 5.21 Å². The van der Waals surface area contributed by atoms with Crippen LogP contribution in [0.3, 0.4) is 0 Å². The lowest BCUT2D eigenvalue weighted by molar-refractivity contribution is -0.131. The van der Waals surface area contributed by atoms with Crippen LogP contribution in [0.15, 0.2) is 18.9 Å². The second kappa shape index (κ2) is 6.24. The van der Waals surface area contributed by atoms with Crippen LogP contribution < -0.4 is 5.48 Å². The van der Waals surface area contributed by atoms with Gasteiger partial charge in [-0.2, -0.15) is 5.10 Å². The molecular formula is C12H17N5O2. The van der Waals surface area contributed by atoms with Crippen LogP contribution in [0.1, 0.15) is 44.1 Å². The topological polar surface area (TPSA) is 92.4 Å². The molecule has 7 heteroatoms. The Morgan fingerprint density at radius 3 is 3.11 bits per heavy atom. The number of hydrogen-bond acceptors (Lipinski definition) is 5. The maximum atomic E-state index is 11.8. The molecule has 2 aromatic rings. The Morgan fingerprint density at radius 2 is 2.37 bits per heavy atom. The maximum Gasteiger partial charge on any atom is 0.251 e. The van der Waals surface area contributed by atoms with Gasteiger partial charge in [0.05, 0.1) is 5.92 Å². The van der Waals surface area contributed by atoms with E-state index in [0.29, 0.717) is 17.6 Å². The molecule has 0 saturated heterocycles. The third kappa shape index (κ3) is 2.87. The molecule has 2 N–H and O–H groups in total. The van der Waals surface area contributed by atoms with Crippen molar-refractivity contribution in [3.05, 3.63) is 24.4 Å². The van der Waals surface area contributed by atoms with Gasteiger partial charge >= 0.3 is 0 Å². The molecule has 2 heterocycles. The van der Waals surface area contributed by atoms with Crippen molar-refractivity contribution in [2.24, 2.45) is 0 Å². The van der Waals surface area contributed by atoms with Gasteiger partial charge in [0.15, 0.2) is 5.65 Å². The monoisotopic (exact) mass is 263 g/mol. The van der Waals surface area contributed by atoms with E-state index in [0.717, 1.165) is 19.3 Å². The van der Waals surface area contributed by atoms with E-state index in [-0.39, 0.29) is 0 Å². The summed E-state index contributed by atoms with van der Waals surface area (Å²) in [4.78, 5) is 20.0. The number of nitrogens with one attached hydrogen (secondary N) is 1. The number of rotatable bonds is 6. The average molecular weight is 263 g/mol. The summed E-state index contributed by atoms with van der Waals surface area (Å²) in [6, 6.07) is 0. The molecular weight excluding hydrogens is 246 g/mol. The molecule has 0 spiro atoms. The number of aromatic nitrogens is 4. The maximum absolute atomic E-state index is 11.8. The molecule has 1 unspecified atom stereocenters. The first-order valence-corrected chi connectivity index (χ1v) is 6.35. The highest BCUT2D eigenvalue weighted by Gasteiger charge is 2.23. The van der Waals surface area contributed by atoms with E-state index in [1.165, 1.54) is 17.2 Å². The summed E-state index contributed by atoms with van der Waals surface area (Å²) < 4.78 is 1.52. The zero-order valence-electron chi connectivity index (χ0n) is 10.8. The standard InChI is InChI=1S/C12H17N5O2/c1-2-3-4-5-9(12(18)16-19)10-6-13-8-17-11(10)14-7-15-17/h6-9,19H,2-5H2,1H3,(H,16,18). The van der Waals surface area contributed by atoms with Crippen LogP contribution in [0, 0.1) is 0 Å². The van der Waals surface area contributed by atoms with Crippen molar-refractivity contribution in [2.45, 2.75) is 38.5 Å². The number of amides is 1. The summed E-state index contributed by atoms with van der Waals surface area (Å²) in [6.45, 7) is 2.10. The van der Waals surface area contributed by atoms with Crippen LogP contribution in [-0.2, 0) is 4.79 Å². The summed E-state index contributed by atoms with van der Waals surface area (Å²) in [6.07, 6.45) is 8.22. The lowest BCUT2D eigenvalue weighted by atomic mass is 9.94. The summed E-state index contributed by atoms with van der Waals surface area (Å²) in [7, 11) is 0. The lowest BCUT2D eigenvalue weighted by Crippen LogP contribution is -2.27. The van der Waals surface area contributed by atoms with Crippen molar-refractivity contribution in [1.29, 1.82) is 0 Å². The molecule has 1 atom stereocenters. The predicted molar refractivity (Wildman–Crippen MR) is 67.6 cm³/mol. The molecule has 0 bridgehead atoms. The number of carbonyl (C=O) groups excluding carboxylic acids is 1. The van der Waals surface area contributed by atoms with E-state index in [9.17, 15) is 4.79 Å². The van der Waals surface area contributed by atoms with Gasteiger partial charge in [-0.05, 0) is 6.42 Å². The van der Waals surface area contributed by atoms with Gasteiger partial charge in [-0.1, -0.05) is 26.2 Å². The fraction of sp³-hybridized carbons (Fsp3) is 0.500. The Morgan fingerprint density at radius 1 is 1.53 bits per heavy atom. The minimum atomic E-state index is -0.461. The van der Waals surface area contributed by atoms with Gasteiger partial charge in [0.2, 0.25) is 0 Å². The molecule has 0 saturated carbocycles. The predicted octanol–water partition coefficient (Wildman–Crippen LogP) is 1.29. The van der Waals surface area contributed by atoms with Gasteiger partial charge in [0.25, 0.3) is 5.91 Å². The average Bonchev–Trinajstić information content (AvgIpc) is 2.91. The van der Waals surface area contributed by atoms with E-state index in [2.05, 4.69) is 22.0 Å². The van der Waals surface area contributed by atoms with Gasteiger partial charge < -0.3 is 0 Å². The van der Waals surface area contributed by atoms with Crippen LogP contribution in [-0.4, -0.2) is 30.7 Å². The Kier molecular flexibility index (Phi) is 4.40. The first kappa shape index (κ1) is 13.4. The highest BCUT2D eigenvalue weighted by atomic mass is 16.5. The van der Waals surface area contributed by atoms with Crippen LogP contribution in [0.2, 0.25) is 0 Å². The fourth-order valence-corrected chi connectivity index (χ4v) is 2.13. The molecule has 2 aromatic heterocycles. The SMILES string of the molecule is CCCCCC(C(=O)NO)c1cncn2ncnc12. The first-order valence-electron chi connectivity index (χ1n) is 6.35. The highest BCUT2D eigenvalue weighted by Crippen LogP contribution is 2.24. The molecule has 0 aromatic carbocycles. The molecule has 2 rings (SSSR count). The summed E-state index contributed by atoms with van der Waals surface area (Å²) >= 11 is 0. The zero-order valence-corrected chi connectivity index (χ0v) is 10.8. The molecule has 0 radical (unpaired) electrons. The van der Waals surface area contributed by atoms with Crippen molar-refractivity contribution >= 4 is 11.6 Å². The molecule has 0 fully saturated rings. The Bertz CT molecular complexity index is 554. The minimum absolute atomic E-state index is 0.436. The van der Waals surface area contributed by atoms with E-state index in [1.54, 1.807) is 11.7 Å². The molecule has 19 heavy (non-hydrogen) atoms. The number of carbonyl (C=O) groups is 1. The second-order valence-electron chi connectivity index (χ2n) is 4.40. The number of unbranched alkanes of at least 4 members (excludes halogenated alkanes) is 2. The smallest absolute Gasteiger partial charge is 0.251 e. The Hall–Kier alpha value is -2.02. The van der Waals surface area contributed by atoms with Gasteiger partial charge in [-0.25, -0.2) is 20.0 Å².